The lowest BCUT2D eigenvalue weighted by molar-refractivity contribution is -0.126. The van der Waals surface area contributed by atoms with Crippen LogP contribution in [0, 0.1) is 11.3 Å². The third-order valence-corrected chi connectivity index (χ3v) is 3.97. The quantitative estimate of drug-likeness (QED) is 0.825. The normalized spacial score (nSPS) is 15.1. The Labute approximate surface area is 147 Å². The molecule has 7 heteroatoms. The number of nitrogens with one attached hydrogen (secondary N) is 2. The Balaban J connectivity index is 1.93. The maximum atomic E-state index is 12.1. The summed E-state index contributed by atoms with van der Waals surface area (Å²) in [4.78, 5) is 24.0. The number of nitriles is 1. The zero-order valence-electron chi connectivity index (χ0n) is 14.5. The third kappa shape index (κ3) is 5.38. The van der Waals surface area contributed by atoms with Crippen molar-refractivity contribution >= 4 is 11.9 Å². The number of urea groups is 1. The molecule has 0 bridgehead atoms. The third-order valence-electron chi connectivity index (χ3n) is 3.97. The van der Waals surface area contributed by atoms with Gasteiger partial charge in [0, 0.05) is 12.1 Å². The molecule has 1 atom stereocenters. The van der Waals surface area contributed by atoms with E-state index in [4.69, 9.17) is 14.7 Å². The molecule has 0 heterocycles. The van der Waals surface area contributed by atoms with Crippen molar-refractivity contribution in [2.24, 2.45) is 0 Å². The molecule has 2 N–H and O–H groups in total. The van der Waals surface area contributed by atoms with Crippen LogP contribution in [0.5, 0.6) is 11.5 Å². The fourth-order valence-electron chi connectivity index (χ4n) is 2.69. The van der Waals surface area contributed by atoms with Gasteiger partial charge in [-0.15, -0.1) is 0 Å². The Bertz CT molecular complexity index is 663. The van der Waals surface area contributed by atoms with Gasteiger partial charge in [0.25, 0.3) is 5.91 Å². The number of rotatable bonds is 6. The first-order valence-electron chi connectivity index (χ1n) is 8.48. The van der Waals surface area contributed by atoms with E-state index in [0.717, 1.165) is 25.7 Å². The molecule has 1 fully saturated rings. The second kappa shape index (κ2) is 8.92. The Hall–Kier alpha value is -2.75. The van der Waals surface area contributed by atoms with Gasteiger partial charge in [-0.25, -0.2) is 4.79 Å². The van der Waals surface area contributed by atoms with Crippen LogP contribution in [0.25, 0.3) is 0 Å². The van der Waals surface area contributed by atoms with E-state index in [2.05, 4.69) is 10.6 Å². The van der Waals surface area contributed by atoms with Crippen LogP contribution < -0.4 is 20.1 Å². The summed E-state index contributed by atoms with van der Waals surface area (Å²) in [5.41, 5.74) is 0.434. The average Bonchev–Trinajstić information content (AvgIpc) is 3.09. The molecule has 1 aromatic rings. The van der Waals surface area contributed by atoms with Crippen LogP contribution in [0.2, 0.25) is 0 Å². The van der Waals surface area contributed by atoms with E-state index in [1.807, 2.05) is 13.0 Å². The Morgan fingerprint density at radius 2 is 2.04 bits per heavy atom. The summed E-state index contributed by atoms with van der Waals surface area (Å²) >= 11 is 0. The Morgan fingerprint density at radius 1 is 1.32 bits per heavy atom. The van der Waals surface area contributed by atoms with Crippen molar-refractivity contribution in [3.8, 4) is 17.6 Å². The smallest absolute Gasteiger partial charge is 0.321 e. The first kappa shape index (κ1) is 18.6. The molecule has 0 aliphatic heterocycles. The fourth-order valence-corrected chi connectivity index (χ4v) is 2.69. The maximum absolute atomic E-state index is 12.1. The van der Waals surface area contributed by atoms with Crippen molar-refractivity contribution < 1.29 is 19.1 Å². The minimum Gasteiger partial charge on any atom is -0.490 e. The highest BCUT2D eigenvalue weighted by Gasteiger charge is 2.22. The van der Waals surface area contributed by atoms with Crippen molar-refractivity contribution in [1.29, 1.82) is 5.26 Å². The summed E-state index contributed by atoms with van der Waals surface area (Å²) in [5.74, 6) is 0.193. The first-order chi connectivity index (χ1) is 12.0. The Kier molecular flexibility index (Phi) is 6.63. The first-order valence-corrected chi connectivity index (χ1v) is 8.48. The fraction of sp³-hybridized carbons (Fsp3) is 0.500. The van der Waals surface area contributed by atoms with Gasteiger partial charge in [-0.05, 0) is 38.8 Å². The SMILES string of the molecule is CCOc1cc(C#N)ccc1O[C@@H](C)C(=O)NC(=O)NC1CCCC1. The van der Waals surface area contributed by atoms with Gasteiger partial charge < -0.3 is 14.8 Å². The van der Waals surface area contributed by atoms with Gasteiger partial charge >= 0.3 is 6.03 Å². The molecule has 0 saturated heterocycles. The lowest BCUT2D eigenvalue weighted by atomic mass is 10.2. The average molecular weight is 345 g/mol. The van der Waals surface area contributed by atoms with Crippen molar-refractivity contribution in [1.82, 2.24) is 10.6 Å². The van der Waals surface area contributed by atoms with E-state index in [-0.39, 0.29) is 6.04 Å². The predicted molar refractivity (Wildman–Crippen MR) is 91.3 cm³/mol. The van der Waals surface area contributed by atoms with Crippen LogP contribution in [0.3, 0.4) is 0 Å². The van der Waals surface area contributed by atoms with E-state index >= 15 is 0 Å². The van der Waals surface area contributed by atoms with E-state index in [1.54, 1.807) is 25.1 Å². The molecule has 0 spiro atoms. The standard InChI is InChI=1S/C18H23N3O4/c1-3-24-16-10-13(11-19)8-9-15(16)25-12(2)17(22)21-18(23)20-14-6-4-5-7-14/h8-10,12,14H,3-7H2,1-2H3,(H2,20,21,22,23)/t12-/m0/s1. The zero-order chi connectivity index (χ0) is 18.2. The predicted octanol–water partition coefficient (Wildman–Crippen LogP) is 2.49. The van der Waals surface area contributed by atoms with Crippen molar-refractivity contribution in [2.75, 3.05) is 6.61 Å². The molecule has 0 aromatic heterocycles. The number of benzene rings is 1. The molecule has 3 amide bonds. The molecular weight excluding hydrogens is 322 g/mol. The number of hydrogen-bond acceptors (Lipinski definition) is 5. The van der Waals surface area contributed by atoms with Crippen LogP contribution in [0.4, 0.5) is 4.79 Å². The van der Waals surface area contributed by atoms with Gasteiger partial charge in [-0.1, -0.05) is 12.8 Å². The molecule has 2 rings (SSSR count). The van der Waals surface area contributed by atoms with Gasteiger partial charge in [0.05, 0.1) is 18.2 Å². The molecular formula is C18H23N3O4. The highest BCUT2D eigenvalue weighted by Crippen LogP contribution is 2.29. The van der Waals surface area contributed by atoms with E-state index in [0.29, 0.717) is 23.7 Å². The van der Waals surface area contributed by atoms with Crippen molar-refractivity contribution in [3.63, 3.8) is 0 Å². The number of imide groups is 1. The monoisotopic (exact) mass is 345 g/mol. The molecule has 0 unspecified atom stereocenters. The van der Waals surface area contributed by atoms with Crippen LogP contribution in [-0.4, -0.2) is 30.7 Å². The molecule has 1 saturated carbocycles. The second-order valence-electron chi connectivity index (χ2n) is 5.91. The number of ether oxygens (including phenoxy) is 2. The molecule has 134 valence electrons. The number of nitrogens with zero attached hydrogens (tertiary/aromatic N) is 1. The largest absolute Gasteiger partial charge is 0.490 e. The summed E-state index contributed by atoms with van der Waals surface area (Å²) in [6.07, 6.45) is 3.18. The van der Waals surface area contributed by atoms with E-state index < -0.39 is 18.0 Å². The van der Waals surface area contributed by atoms with E-state index in [9.17, 15) is 9.59 Å². The summed E-state index contributed by atoms with van der Waals surface area (Å²) in [6.45, 7) is 3.76. The lowest BCUT2D eigenvalue weighted by Crippen LogP contribution is -2.47. The van der Waals surface area contributed by atoms with Gasteiger partial charge in [-0.2, -0.15) is 5.26 Å². The maximum Gasteiger partial charge on any atom is 0.321 e. The summed E-state index contributed by atoms with van der Waals surface area (Å²) < 4.78 is 11.0. The molecule has 1 aliphatic rings. The summed E-state index contributed by atoms with van der Waals surface area (Å²) in [5, 5.41) is 14.0. The summed E-state index contributed by atoms with van der Waals surface area (Å²) in [7, 11) is 0. The van der Waals surface area contributed by atoms with Crippen LogP contribution in [0.1, 0.15) is 45.1 Å². The molecule has 1 aliphatic carbocycles. The Morgan fingerprint density at radius 3 is 2.68 bits per heavy atom. The topological polar surface area (TPSA) is 100 Å². The summed E-state index contributed by atoms with van der Waals surface area (Å²) in [6, 6.07) is 6.36. The van der Waals surface area contributed by atoms with Gasteiger partial charge in [0.1, 0.15) is 0 Å². The lowest BCUT2D eigenvalue weighted by Gasteiger charge is -2.18. The van der Waals surface area contributed by atoms with Gasteiger partial charge in [0.2, 0.25) is 0 Å². The zero-order valence-corrected chi connectivity index (χ0v) is 14.5. The molecule has 25 heavy (non-hydrogen) atoms. The molecule has 0 radical (unpaired) electrons. The van der Waals surface area contributed by atoms with Gasteiger partial charge in [-0.3, -0.25) is 10.1 Å². The van der Waals surface area contributed by atoms with Crippen LogP contribution >= 0.6 is 0 Å². The second-order valence-corrected chi connectivity index (χ2v) is 5.91. The number of hydrogen-bond donors (Lipinski definition) is 2. The number of carbonyl (C=O) groups is 2. The molecule has 7 nitrogen and oxygen atoms in total. The highest BCUT2D eigenvalue weighted by molar-refractivity contribution is 5.96. The number of amides is 3. The molecule has 1 aromatic carbocycles. The van der Waals surface area contributed by atoms with Crippen LogP contribution in [0.15, 0.2) is 18.2 Å². The van der Waals surface area contributed by atoms with E-state index in [1.165, 1.54) is 0 Å². The van der Waals surface area contributed by atoms with Crippen molar-refractivity contribution in [2.45, 2.75) is 51.7 Å². The number of carbonyl (C=O) groups excluding carboxylic acids is 2. The van der Waals surface area contributed by atoms with Gasteiger partial charge in [0.15, 0.2) is 17.6 Å². The van der Waals surface area contributed by atoms with Crippen LogP contribution in [-0.2, 0) is 4.79 Å². The minimum absolute atomic E-state index is 0.132. The minimum atomic E-state index is -0.888. The van der Waals surface area contributed by atoms with Crippen molar-refractivity contribution in [3.05, 3.63) is 23.8 Å². The highest BCUT2D eigenvalue weighted by atomic mass is 16.5.